The molecule has 1 atom stereocenters. The van der Waals surface area contributed by atoms with Crippen LogP contribution in [0.3, 0.4) is 0 Å². The maximum atomic E-state index is 12.5. The second kappa shape index (κ2) is 7.15. The number of ether oxygens (including phenoxy) is 2. The van der Waals surface area contributed by atoms with Crippen LogP contribution in [0.1, 0.15) is 11.7 Å². The van der Waals surface area contributed by atoms with Crippen molar-refractivity contribution in [3.63, 3.8) is 0 Å². The van der Waals surface area contributed by atoms with Crippen molar-refractivity contribution in [2.24, 2.45) is 0 Å². The number of hydrogen-bond donors (Lipinski definition) is 1. The molecule has 1 unspecified atom stereocenters. The number of carbonyl (C=O) groups is 1. The number of carbonyl (C=O) groups excluding carboxylic acids is 1. The van der Waals surface area contributed by atoms with Crippen molar-refractivity contribution in [3.05, 3.63) is 60.2 Å². The van der Waals surface area contributed by atoms with Crippen LogP contribution in [0.25, 0.3) is 0 Å². The minimum absolute atomic E-state index is 0.0895. The third kappa shape index (κ3) is 3.63. The third-order valence-corrected chi connectivity index (χ3v) is 3.87. The molecule has 23 heavy (non-hydrogen) atoms. The van der Waals surface area contributed by atoms with Gasteiger partial charge in [0, 0.05) is 6.54 Å². The van der Waals surface area contributed by atoms with Crippen molar-refractivity contribution in [2.45, 2.75) is 6.10 Å². The van der Waals surface area contributed by atoms with Crippen LogP contribution >= 0.6 is 0 Å². The molecule has 0 radical (unpaired) electrons. The summed E-state index contributed by atoms with van der Waals surface area (Å²) < 4.78 is 11.1. The van der Waals surface area contributed by atoms with Crippen molar-refractivity contribution in [1.82, 2.24) is 4.90 Å². The fraction of sp³-hybridized carbons (Fsp3) is 0.278. The van der Waals surface area contributed by atoms with Gasteiger partial charge in [-0.2, -0.15) is 0 Å². The highest BCUT2D eigenvalue weighted by Gasteiger charge is 2.25. The average Bonchev–Trinajstić information content (AvgIpc) is 2.63. The zero-order chi connectivity index (χ0) is 16.1. The van der Waals surface area contributed by atoms with Gasteiger partial charge >= 0.3 is 6.03 Å². The molecule has 1 saturated heterocycles. The summed E-state index contributed by atoms with van der Waals surface area (Å²) in [6, 6.07) is 17.2. The summed E-state index contributed by atoms with van der Waals surface area (Å²) in [6.45, 7) is 1.63. The Labute approximate surface area is 135 Å². The van der Waals surface area contributed by atoms with Crippen molar-refractivity contribution in [3.8, 4) is 5.75 Å². The topological polar surface area (TPSA) is 50.8 Å². The first-order valence-electron chi connectivity index (χ1n) is 7.63. The molecule has 1 aliphatic heterocycles. The van der Waals surface area contributed by atoms with Crippen LogP contribution in [-0.4, -0.2) is 37.7 Å². The summed E-state index contributed by atoms with van der Waals surface area (Å²) in [7, 11) is 1.59. The predicted octanol–water partition coefficient (Wildman–Crippen LogP) is 3.30. The molecule has 120 valence electrons. The van der Waals surface area contributed by atoms with E-state index in [1.54, 1.807) is 12.0 Å². The van der Waals surface area contributed by atoms with E-state index in [0.29, 0.717) is 31.1 Å². The lowest BCUT2D eigenvalue weighted by molar-refractivity contribution is -0.0135. The number of morpholine rings is 1. The van der Waals surface area contributed by atoms with Crippen LogP contribution in [0.5, 0.6) is 5.75 Å². The molecule has 1 fully saturated rings. The van der Waals surface area contributed by atoms with E-state index in [2.05, 4.69) is 5.32 Å². The van der Waals surface area contributed by atoms with Gasteiger partial charge in [-0.3, -0.25) is 0 Å². The molecule has 1 aliphatic rings. The molecule has 0 aromatic heterocycles. The van der Waals surface area contributed by atoms with Gasteiger partial charge in [0.1, 0.15) is 11.9 Å². The molecule has 2 aromatic rings. The monoisotopic (exact) mass is 312 g/mol. The second-order valence-electron chi connectivity index (χ2n) is 5.35. The molecule has 2 aromatic carbocycles. The molecule has 2 amide bonds. The van der Waals surface area contributed by atoms with Crippen LogP contribution in [0.4, 0.5) is 10.5 Å². The minimum Gasteiger partial charge on any atom is -0.495 e. The molecule has 0 aliphatic carbocycles. The first-order chi connectivity index (χ1) is 11.3. The molecular formula is C18H20N2O3. The van der Waals surface area contributed by atoms with Gasteiger partial charge in [0.15, 0.2) is 0 Å². The van der Waals surface area contributed by atoms with Gasteiger partial charge in [0.2, 0.25) is 0 Å². The molecule has 0 spiro atoms. The van der Waals surface area contributed by atoms with E-state index in [4.69, 9.17) is 9.47 Å². The standard InChI is InChI=1S/C18H20N2O3/c1-22-16-10-6-5-9-15(16)19-18(21)20-11-12-23-17(13-20)14-7-3-2-4-8-14/h2-10,17H,11-13H2,1H3,(H,19,21). The van der Waals surface area contributed by atoms with Gasteiger partial charge in [-0.15, -0.1) is 0 Å². The van der Waals surface area contributed by atoms with Crippen molar-refractivity contribution >= 4 is 11.7 Å². The van der Waals surface area contributed by atoms with Gasteiger partial charge in [-0.25, -0.2) is 4.79 Å². The lowest BCUT2D eigenvalue weighted by Crippen LogP contribution is -2.44. The molecule has 5 nitrogen and oxygen atoms in total. The number of urea groups is 1. The number of nitrogens with one attached hydrogen (secondary N) is 1. The summed E-state index contributed by atoms with van der Waals surface area (Å²) in [4.78, 5) is 14.3. The Hall–Kier alpha value is -2.53. The third-order valence-electron chi connectivity index (χ3n) is 3.87. The summed E-state index contributed by atoms with van der Waals surface area (Å²) in [5.41, 5.74) is 1.75. The number of nitrogens with zero attached hydrogens (tertiary/aromatic N) is 1. The molecule has 3 rings (SSSR count). The summed E-state index contributed by atoms with van der Waals surface area (Å²) >= 11 is 0. The van der Waals surface area contributed by atoms with E-state index in [9.17, 15) is 4.79 Å². The lowest BCUT2D eigenvalue weighted by atomic mass is 10.1. The predicted molar refractivity (Wildman–Crippen MR) is 88.7 cm³/mol. The van der Waals surface area contributed by atoms with Crippen LogP contribution in [0, 0.1) is 0 Å². The number of anilines is 1. The first kappa shape index (κ1) is 15.4. The Morgan fingerprint density at radius 2 is 1.91 bits per heavy atom. The fourth-order valence-corrected chi connectivity index (χ4v) is 2.65. The van der Waals surface area contributed by atoms with E-state index >= 15 is 0 Å². The van der Waals surface area contributed by atoms with E-state index < -0.39 is 0 Å². The average molecular weight is 312 g/mol. The van der Waals surface area contributed by atoms with Gasteiger partial charge in [0.25, 0.3) is 0 Å². The van der Waals surface area contributed by atoms with E-state index in [-0.39, 0.29) is 12.1 Å². The minimum atomic E-state index is -0.140. The maximum Gasteiger partial charge on any atom is 0.322 e. The normalized spacial score (nSPS) is 17.6. The van der Waals surface area contributed by atoms with Crippen molar-refractivity contribution in [1.29, 1.82) is 0 Å². The molecular weight excluding hydrogens is 292 g/mol. The quantitative estimate of drug-likeness (QED) is 0.946. The molecule has 1 N–H and O–H groups in total. The Morgan fingerprint density at radius 1 is 1.17 bits per heavy atom. The summed E-state index contributed by atoms with van der Waals surface area (Å²) in [5, 5.41) is 2.91. The number of para-hydroxylation sites is 2. The Kier molecular flexibility index (Phi) is 4.78. The van der Waals surface area contributed by atoms with E-state index in [1.165, 1.54) is 0 Å². The van der Waals surface area contributed by atoms with Crippen LogP contribution in [-0.2, 0) is 4.74 Å². The highest BCUT2D eigenvalue weighted by Crippen LogP contribution is 2.25. The summed E-state index contributed by atoms with van der Waals surface area (Å²) in [6.07, 6.45) is -0.0895. The number of rotatable bonds is 3. The maximum absolute atomic E-state index is 12.5. The SMILES string of the molecule is COc1ccccc1NC(=O)N1CCOC(c2ccccc2)C1. The molecule has 5 heteroatoms. The number of methoxy groups -OCH3 is 1. The largest absolute Gasteiger partial charge is 0.495 e. The summed E-state index contributed by atoms with van der Waals surface area (Å²) in [5.74, 6) is 0.647. The molecule has 0 bridgehead atoms. The second-order valence-corrected chi connectivity index (χ2v) is 5.35. The number of hydrogen-bond acceptors (Lipinski definition) is 3. The van der Waals surface area contributed by atoms with E-state index in [1.807, 2.05) is 54.6 Å². The van der Waals surface area contributed by atoms with Gasteiger partial charge in [0.05, 0.1) is 25.9 Å². The Morgan fingerprint density at radius 3 is 2.70 bits per heavy atom. The van der Waals surface area contributed by atoms with Crippen molar-refractivity contribution in [2.75, 3.05) is 32.1 Å². The van der Waals surface area contributed by atoms with Crippen LogP contribution in [0.2, 0.25) is 0 Å². The van der Waals surface area contributed by atoms with Gasteiger partial charge < -0.3 is 19.7 Å². The zero-order valence-electron chi connectivity index (χ0n) is 13.1. The number of benzene rings is 2. The lowest BCUT2D eigenvalue weighted by Gasteiger charge is -2.33. The highest BCUT2D eigenvalue weighted by molar-refractivity contribution is 5.91. The molecule has 0 saturated carbocycles. The van der Waals surface area contributed by atoms with Crippen LogP contribution < -0.4 is 10.1 Å². The smallest absolute Gasteiger partial charge is 0.322 e. The first-order valence-corrected chi connectivity index (χ1v) is 7.63. The fourth-order valence-electron chi connectivity index (χ4n) is 2.65. The zero-order valence-corrected chi connectivity index (χ0v) is 13.1. The van der Waals surface area contributed by atoms with Crippen LogP contribution in [0.15, 0.2) is 54.6 Å². The highest BCUT2D eigenvalue weighted by atomic mass is 16.5. The Balaban J connectivity index is 1.68. The van der Waals surface area contributed by atoms with Crippen molar-refractivity contribution < 1.29 is 14.3 Å². The number of amides is 2. The molecule has 1 heterocycles. The van der Waals surface area contributed by atoms with Gasteiger partial charge in [-0.1, -0.05) is 42.5 Å². The van der Waals surface area contributed by atoms with E-state index in [0.717, 1.165) is 5.56 Å². The van der Waals surface area contributed by atoms with Gasteiger partial charge in [-0.05, 0) is 17.7 Å². The Bertz CT molecular complexity index is 660.